The van der Waals surface area contributed by atoms with Crippen LogP contribution in [0.4, 0.5) is 0 Å². The van der Waals surface area contributed by atoms with Crippen molar-refractivity contribution in [2.24, 2.45) is 0 Å². The molecule has 0 saturated heterocycles. The molecule has 6 heteroatoms. The summed E-state index contributed by atoms with van der Waals surface area (Å²) in [7, 11) is 0. The lowest BCUT2D eigenvalue weighted by Gasteiger charge is -2.08. The zero-order chi connectivity index (χ0) is 17.6. The maximum absolute atomic E-state index is 12.2. The van der Waals surface area contributed by atoms with Crippen molar-refractivity contribution in [3.05, 3.63) is 48.0 Å². The third-order valence-electron chi connectivity index (χ3n) is 4.04. The van der Waals surface area contributed by atoms with Crippen LogP contribution < -0.4 is 16.0 Å². The molecule has 25 heavy (non-hydrogen) atoms. The highest BCUT2D eigenvalue weighted by Crippen LogP contribution is 2.18. The molecule has 1 fully saturated rings. The van der Waals surface area contributed by atoms with Crippen molar-refractivity contribution < 1.29 is 14.4 Å². The fraction of sp³-hybridized carbons (Fsp3) is 0.316. The van der Waals surface area contributed by atoms with Crippen LogP contribution in [0.2, 0.25) is 0 Å². The van der Waals surface area contributed by atoms with E-state index in [1.807, 2.05) is 36.4 Å². The van der Waals surface area contributed by atoms with Gasteiger partial charge in [0.05, 0.1) is 6.54 Å². The van der Waals surface area contributed by atoms with E-state index in [9.17, 15) is 14.4 Å². The number of amides is 3. The van der Waals surface area contributed by atoms with Crippen molar-refractivity contribution in [3.63, 3.8) is 0 Å². The van der Waals surface area contributed by atoms with Crippen LogP contribution in [-0.2, 0) is 9.59 Å². The summed E-state index contributed by atoms with van der Waals surface area (Å²) >= 11 is 0. The standard InChI is InChI=1S/C19H21N3O3/c23-17(21-12-18(24)22-16-7-8-16)9-10-20-19(25)15-6-5-13-3-1-2-4-14(13)11-15/h1-6,11,16H,7-10,12H2,(H,20,25)(H,21,23)(H,22,24). The molecule has 0 heterocycles. The van der Waals surface area contributed by atoms with E-state index >= 15 is 0 Å². The van der Waals surface area contributed by atoms with Crippen LogP contribution in [-0.4, -0.2) is 36.9 Å². The van der Waals surface area contributed by atoms with Crippen molar-refractivity contribution in [1.29, 1.82) is 0 Å². The van der Waals surface area contributed by atoms with Crippen molar-refractivity contribution in [3.8, 4) is 0 Å². The molecule has 6 nitrogen and oxygen atoms in total. The van der Waals surface area contributed by atoms with Gasteiger partial charge in [0.1, 0.15) is 0 Å². The van der Waals surface area contributed by atoms with Crippen LogP contribution in [0.15, 0.2) is 42.5 Å². The summed E-state index contributed by atoms with van der Waals surface area (Å²) in [6.45, 7) is 0.204. The molecular weight excluding hydrogens is 318 g/mol. The Morgan fingerprint density at radius 3 is 2.44 bits per heavy atom. The van der Waals surface area contributed by atoms with Gasteiger partial charge in [-0.25, -0.2) is 0 Å². The third-order valence-corrected chi connectivity index (χ3v) is 4.04. The van der Waals surface area contributed by atoms with Crippen LogP contribution in [0, 0.1) is 0 Å². The molecule has 0 atom stereocenters. The molecule has 0 aromatic heterocycles. The highest BCUT2D eigenvalue weighted by molar-refractivity contribution is 5.98. The Bertz CT molecular complexity index is 799. The first-order chi connectivity index (χ1) is 12.1. The van der Waals surface area contributed by atoms with Gasteiger partial charge < -0.3 is 16.0 Å². The van der Waals surface area contributed by atoms with Crippen molar-refractivity contribution in [2.75, 3.05) is 13.1 Å². The SMILES string of the molecule is O=C(CCNC(=O)c1ccc2ccccc2c1)NCC(=O)NC1CC1. The van der Waals surface area contributed by atoms with E-state index < -0.39 is 0 Å². The Morgan fingerprint density at radius 2 is 1.68 bits per heavy atom. The zero-order valence-electron chi connectivity index (χ0n) is 13.9. The molecule has 130 valence electrons. The van der Waals surface area contributed by atoms with Gasteiger partial charge in [-0.2, -0.15) is 0 Å². The van der Waals surface area contributed by atoms with Gasteiger partial charge in [-0.1, -0.05) is 30.3 Å². The molecule has 3 N–H and O–H groups in total. The largest absolute Gasteiger partial charge is 0.352 e. The lowest BCUT2D eigenvalue weighted by molar-refractivity contribution is -0.126. The number of hydrogen-bond acceptors (Lipinski definition) is 3. The minimum atomic E-state index is -0.259. The predicted octanol–water partition coefficient (Wildman–Crippen LogP) is 1.35. The third kappa shape index (κ3) is 5.04. The fourth-order valence-electron chi connectivity index (χ4n) is 2.50. The molecule has 2 aromatic rings. The van der Waals surface area contributed by atoms with Crippen LogP contribution in [0.25, 0.3) is 10.8 Å². The maximum Gasteiger partial charge on any atom is 0.251 e. The number of hydrogen-bond donors (Lipinski definition) is 3. The maximum atomic E-state index is 12.2. The number of carbonyl (C=O) groups is 3. The average molecular weight is 339 g/mol. The molecule has 1 saturated carbocycles. The molecule has 2 aromatic carbocycles. The predicted molar refractivity (Wildman–Crippen MR) is 95.1 cm³/mol. The minimum Gasteiger partial charge on any atom is -0.352 e. The molecule has 1 aliphatic rings. The van der Waals surface area contributed by atoms with E-state index in [1.54, 1.807) is 6.07 Å². The summed E-state index contributed by atoms with van der Waals surface area (Å²) in [5.74, 6) is -0.647. The van der Waals surface area contributed by atoms with E-state index in [0.29, 0.717) is 5.56 Å². The minimum absolute atomic E-state index is 0.0199. The number of benzene rings is 2. The smallest absolute Gasteiger partial charge is 0.251 e. The summed E-state index contributed by atoms with van der Waals surface area (Å²) in [5.41, 5.74) is 0.558. The number of carbonyl (C=O) groups excluding carboxylic acids is 3. The molecular formula is C19H21N3O3. The summed E-state index contributed by atoms with van der Waals surface area (Å²) in [5, 5.41) is 10.1. The van der Waals surface area contributed by atoms with E-state index in [0.717, 1.165) is 23.6 Å². The van der Waals surface area contributed by atoms with E-state index in [1.165, 1.54) is 0 Å². The summed E-state index contributed by atoms with van der Waals surface area (Å²) in [4.78, 5) is 35.3. The van der Waals surface area contributed by atoms with E-state index in [2.05, 4.69) is 16.0 Å². The van der Waals surface area contributed by atoms with Crippen molar-refractivity contribution >= 4 is 28.5 Å². The van der Waals surface area contributed by atoms with Crippen molar-refractivity contribution in [2.45, 2.75) is 25.3 Å². The van der Waals surface area contributed by atoms with Crippen molar-refractivity contribution in [1.82, 2.24) is 16.0 Å². The molecule has 0 spiro atoms. The van der Waals surface area contributed by atoms with Gasteiger partial charge in [0.15, 0.2) is 0 Å². The Kier molecular flexibility index (Phi) is 5.28. The van der Waals surface area contributed by atoms with E-state index in [-0.39, 0.29) is 43.3 Å². The Labute approximate surface area is 146 Å². The Hall–Kier alpha value is -2.89. The molecule has 0 bridgehead atoms. The lowest BCUT2D eigenvalue weighted by atomic mass is 10.1. The number of fused-ring (bicyclic) bond motifs is 1. The lowest BCUT2D eigenvalue weighted by Crippen LogP contribution is -2.39. The number of nitrogens with one attached hydrogen (secondary N) is 3. The van der Waals surface area contributed by atoms with Gasteiger partial charge in [-0.15, -0.1) is 0 Å². The van der Waals surface area contributed by atoms with Crippen LogP contribution in [0.1, 0.15) is 29.6 Å². The van der Waals surface area contributed by atoms with Gasteiger partial charge in [-0.3, -0.25) is 14.4 Å². The van der Waals surface area contributed by atoms with E-state index in [4.69, 9.17) is 0 Å². The Balaban J connectivity index is 1.40. The molecule has 3 rings (SSSR count). The second kappa shape index (κ2) is 7.79. The topological polar surface area (TPSA) is 87.3 Å². The van der Waals surface area contributed by atoms with Gasteiger partial charge in [0, 0.05) is 24.6 Å². The normalized spacial score (nSPS) is 13.3. The number of rotatable bonds is 7. The molecule has 0 aliphatic heterocycles. The first-order valence-corrected chi connectivity index (χ1v) is 8.45. The molecule has 1 aliphatic carbocycles. The summed E-state index contributed by atoms with van der Waals surface area (Å²) in [6, 6.07) is 13.6. The highest BCUT2D eigenvalue weighted by Gasteiger charge is 2.23. The van der Waals surface area contributed by atoms with Crippen LogP contribution >= 0.6 is 0 Å². The molecule has 0 radical (unpaired) electrons. The second-order valence-corrected chi connectivity index (χ2v) is 6.19. The highest BCUT2D eigenvalue weighted by atomic mass is 16.2. The first kappa shape index (κ1) is 17.0. The van der Waals surface area contributed by atoms with Gasteiger partial charge >= 0.3 is 0 Å². The van der Waals surface area contributed by atoms with Crippen LogP contribution in [0.5, 0.6) is 0 Å². The molecule has 0 unspecified atom stereocenters. The summed E-state index contributed by atoms with van der Waals surface area (Å²) < 4.78 is 0. The quantitative estimate of drug-likeness (QED) is 0.712. The van der Waals surface area contributed by atoms with Crippen LogP contribution in [0.3, 0.4) is 0 Å². The Morgan fingerprint density at radius 1 is 0.920 bits per heavy atom. The van der Waals surface area contributed by atoms with Gasteiger partial charge in [-0.05, 0) is 35.7 Å². The van der Waals surface area contributed by atoms with Gasteiger partial charge in [0.25, 0.3) is 5.91 Å². The average Bonchev–Trinajstić information content (AvgIpc) is 3.43. The second-order valence-electron chi connectivity index (χ2n) is 6.19. The fourth-order valence-corrected chi connectivity index (χ4v) is 2.50. The monoisotopic (exact) mass is 339 g/mol. The summed E-state index contributed by atoms with van der Waals surface area (Å²) in [6.07, 6.45) is 2.16. The van der Waals surface area contributed by atoms with Gasteiger partial charge in [0.2, 0.25) is 11.8 Å². The molecule has 3 amide bonds. The first-order valence-electron chi connectivity index (χ1n) is 8.45. The zero-order valence-corrected chi connectivity index (χ0v) is 13.9.